The predicted octanol–water partition coefficient (Wildman–Crippen LogP) is 1.95. The quantitative estimate of drug-likeness (QED) is 0.467. The number of hydrogen-bond donors (Lipinski definition) is 3. The van der Waals surface area contributed by atoms with Crippen LogP contribution in [0.25, 0.3) is 0 Å². The largest absolute Gasteiger partial charge is 0.504 e. The van der Waals surface area contributed by atoms with Gasteiger partial charge < -0.3 is 20.2 Å². The lowest BCUT2D eigenvalue weighted by Crippen LogP contribution is -2.36. The second kappa shape index (κ2) is 7.41. The average Bonchev–Trinajstić information content (AvgIpc) is 3.25. The Bertz CT molecular complexity index is 1180. The Balaban J connectivity index is 1.83. The number of sulfonamides is 1. The maximum atomic E-state index is 12.4. The van der Waals surface area contributed by atoms with Gasteiger partial charge in [-0.3, -0.25) is 9.59 Å². The molecule has 3 rings (SSSR count). The van der Waals surface area contributed by atoms with Crippen LogP contribution in [0.4, 0.5) is 17.1 Å². The summed E-state index contributed by atoms with van der Waals surface area (Å²) in [6, 6.07) is 1.79. The van der Waals surface area contributed by atoms with E-state index in [0.29, 0.717) is 5.76 Å². The number of rotatable bonds is 8. The van der Waals surface area contributed by atoms with Crippen LogP contribution < -0.4 is 21.5 Å². The Kier molecular flexibility index (Phi) is 5.33. The average molecular weight is 425 g/mol. The molecule has 0 aliphatic carbocycles. The van der Waals surface area contributed by atoms with E-state index in [2.05, 4.69) is 10.6 Å². The lowest BCUT2D eigenvalue weighted by atomic mass is 10.2. The van der Waals surface area contributed by atoms with Crippen molar-refractivity contribution in [2.45, 2.75) is 24.6 Å². The number of furan rings is 1. The summed E-state index contributed by atoms with van der Waals surface area (Å²) >= 11 is 0.823. The van der Waals surface area contributed by atoms with Gasteiger partial charge in [0.05, 0.1) is 18.5 Å². The van der Waals surface area contributed by atoms with Crippen LogP contribution in [-0.4, -0.2) is 31.4 Å². The molecule has 2 heterocycles. The van der Waals surface area contributed by atoms with E-state index in [0.717, 1.165) is 21.2 Å². The molecular formula is C17H19N3O6S2. The minimum atomic E-state index is -3.84. The summed E-state index contributed by atoms with van der Waals surface area (Å²) in [5, 5.41) is 17.2. The maximum absolute atomic E-state index is 12.4. The summed E-state index contributed by atoms with van der Waals surface area (Å²) in [6.07, 6.45) is 1.57. The molecule has 9 nitrogen and oxygen atoms in total. The summed E-state index contributed by atoms with van der Waals surface area (Å²) in [5.74, 6) is 0.0943. The standard InChI is InChI=1S/C17H19N3O6S2/c1-4-20(3)28(24,25)17-14(21)11(8-27-17)19-13-12(15(22)16(13)23)18-6-10-5-9(2)7-26-10/h5,7-8,18-19,21H,4,6H2,1-3H3. The van der Waals surface area contributed by atoms with Crippen LogP contribution in [0.15, 0.2) is 35.9 Å². The fourth-order valence-corrected chi connectivity index (χ4v) is 5.10. The van der Waals surface area contributed by atoms with Crippen molar-refractivity contribution in [2.24, 2.45) is 0 Å². The molecule has 3 aromatic rings. The summed E-state index contributed by atoms with van der Waals surface area (Å²) in [7, 11) is -2.44. The van der Waals surface area contributed by atoms with Crippen molar-refractivity contribution in [3.63, 3.8) is 0 Å². The molecule has 0 atom stereocenters. The van der Waals surface area contributed by atoms with Gasteiger partial charge in [0.15, 0.2) is 9.96 Å². The molecule has 2 aromatic heterocycles. The first-order valence-corrected chi connectivity index (χ1v) is 10.6. The molecule has 11 heteroatoms. The zero-order valence-corrected chi connectivity index (χ0v) is 17.0. The lowest BCUT2D eigenvalue weighted by Gasteiger charge is -2.15. The van der Waals surface area contributed by atoms with Gasteiger partial charge in [-0.1, -0.05) is 6.92 Å². The smallest absolute Gasteiger partial charge is 0.256 e. The molecule has 0 fully saturated rings. The molecule has 1 aromatic carbocycles. The van der Waals surface area contributed by atoms with Gasteiger partial charge in [0, 0.05) is 19.0 Å². The molecule has 3 N–H and O–H groups in total. The van der Waals surface area contributed by atoms with Crippen LogP contribution in [0.1, 0.15) is 18.2 Å². The van der Waals surface area contributed by atoms with E-state index >= 15 is 0 Å². The second-order valence-corrected chi connectivity index (χ2v) is 9.30. The molecule has 0 radical (unpaired) electrons. The summed E-state index contributed by atoms with van der Waals surface area (Å²) in [4.78, 5) is 23.8. The van der Waals surface area contributed by atoms with Crippen LogP contribution in [0.3, 0.4) is 0 Å². The van der Waals surface area contributed by atoms with Gasteiger partial charge in [-0.2, -0.15) is 0 Å². The Hall–Kier alpha value is -2.63. The van der Waals surface area contributed by atoms with Crippen molar-refractivity contribution in [3.05, 3.63) is 49.5 Å². The minimum absolute atomic E-state index is 0.0332. The minimum Gasteiger partial charge on any atom is -0.504 e. The van der Waals surface area contributed by atoms with E-state index in [1.165, 1.54) is 12.4 Å². The third-order valence-electron chi connectivity index (χ3n) is 4.22. The third kappa shape index (κ3) is 3.43. The third-order valence-corrected chi connectivity index (χ3v) is 7.64. The number of hydrogen-bond acceptors (Lipinski definition) is 9. The highest BCUT2D eigenvalue weighted by Gasteiger charge is 2.29. The second-order valence-electron chi connectivity index (χ2n) is 6.18. The van der Waals surface area contributed by atoms with Crippen LogP contribution in [0, 0.1) is 6.92 Å². The topological polar surface area (TPSA) is 129 Å². The number of nitrogens with zero attached hydrogens (tertiary/aromatic N) is 1. The Labute approximate surface area is 165 Å². The van der Waals surface area contributed by atoms with Gasteiger partial charge in [-0.15, -0.1) is 11.3 Å². The van der Waals surface area contributed by atoms with E-state index in [9.17, 15) is 23.1 Å². The van der Waals surface area contributed by atoms with Crippen LogP contribution in [0.5, 0.6) is 5.75 Å². The first kappa shape index (κ1) is 20.1. The summed E-state index contributed by atoms with van der Waals surface area (Å²) < 4.78 is 30.9. The first-order valence-electron chi connectivity index (χ1n) is 8.31. The van der Waals surface area contributed by atoms with Gasteiger partial charge in [-0.25, -0.2) is 12.7 Å². The SMILES string of the molecule is CCN(C)S(=O)(=O)c1scc(Nc2c(NCc3cc(C)co3)c(=O)c2=O)c1O. The molecule has 0 saturated heterocycles. The summed E-state index contributed by atoms with van der Waals surface area (Å²) in [5.41, 5.74) is -0.460. The van der Waals surface area contributed by atoms with Gasteiger partial charge in [-0.05, 0) is 18.6 Å². The molecule has 150 valence electrons. The summed E-state index contributed by atoms with van der Waals surface area (Å²) in [6.45, 7) is 3.96. The van der Waals surface area contributed by atoms with Crippen LogP contribution >= 0.6 is 11.3 Å². The molecule has 0 unspecified atom stereocenters. The van der Waals surface area contributed by atoms with E-state index in [-0.39, 0.29) is 34.4 Å². The molecular weight excluding hydrogens is 406 g/mol. The predicted molar refractivity (Wildman–Crippen MR) is 107 cm³/mol. The highest BCUT2D eigenvalue weighted by molar-refractivity contribution is 7.91. The molecule has 0 saturated carbocycles. The molecule has 0 amide bonds. The number of nitrogens with one attached hydrogen (secondary N) is 2. The maximum Gasteiger partial charge on any atom is 0.256 e. The monoisotopic (exact) mass is 425 g/mol. The van der Waals surface area contributed by atoms with E-state index in [4.69, 9.17) is 4.42 Å². The highest BCUT2D eigenvalue weighted by Crippen LogP contribution is 2.40. The van der Waals surface area contributed by atoms with E-state index in [1.807, 2.05) is 6.92 Å². The van der Waals surface area contributed by atoms with Crippen molar-refractivity contribution in [2.75, 3.05) is 24.2 Å². The Morgan fingerprint density at radius 3 is 2.54 bits per heavy atom. The Morgan fingerprint density at radius 2 is 1.93 bits per heavy atom. The van der Waals surface area contributed by atoms with E-state index in [1.54, 1.807) is 19.3 Å². The van der Waals surface area contributed by atoms with Gasteiger partial charge >= 0.3 is 0 Å². The highest BCUT2D eigenvalue weighted by atomic mass is 32.2. The lowest BCUT2D eigenvalue weighted by molar-refractivity contribution is 0.454. The fraction of sp³-hybridized carbons (Fsp3) is 0.294. The molecule has 28 heavy (non-hydrogen) atoms. The molecule has 0 spiro atoms. The number of aryl methyl sites for hydroxylation is 1. The normalized spacial score (nSPS) is 12.0. The van der Waals surface area contributed by atoms with Crippen molar-refractivity contribution < 1.29 is 17.9 Å². The first-order chi connectivity index (χ1) is 13.2. The van der Waals surface area contributed by atoms with E-state index < -0.39 is 26.6 Å². The van der Waals surface area contributed by atoms with Gasteiger partial charge in [0.1, 0.15) is 17.1 Å². The van der Waals surface area contributed by atoms with Gasteiger partial charge in [0.25, 0.3) is 20.9 Å². The van der Waals surface area contributed by atoms with Crippen LogP contribution in [0.2, 0.25) is 0 Å². The van der Waals surface area contributed by atoms with Crippen molar-refractivity contribution in [1.29, 1.82) is 0 Å². The Morgan fingerprint density at radius 1 is 1.25 bits per heavy atom. The van der Waals surface area contributed by atoms with Crippen molar-refractivity contribution >= 4 is 38.4 Å². The van der Waals surface area contributed by atoms with Crippen molar-refractivity contribution in [3.8, 4) is 5.75 Å². The number of anilines is 3. The van der Waals surface area contributed by atoms with Crippen molar-refractivity contribution in [1.82, 2.24) is 4.31 Å². The van der Waals surface area contributed by atoms with Gasteiger partial charge in [0.2, 0.25) is 0 Å². The zero-order valence-electron chi connectivity index (χ0n) is 15.4. The zero-order chi connectivity index (χ0) is 20.6. The number of aromatic hydroxyl groups is 1. The molecule has 0 bridgehead atoms. The molecule has 0 aliphatic rings. The number of thiophene rings is 1. The molecule has 0 aliphatic heterocycles. The fourth-order valence-electron chi connectivity index (χ4n) is 2.49. The van der Waals surface area contributed by atoms with Crippen LogP contribution in [-0.2, 0) is 16.6 Å².